The molecule has 15 heavy (non-hydrogen) atoms. The van der Waals surface area contributed by atoms with Crippen LogP contribution in [0.4, 0.5) is 0 Å². The van der Waals surface area contributed by atoms with Crippen LogP contribution in [0.5, 0.6) is 5.75 Å². The van der Waals surface area contributed by atoms with Gasteiger partial charge in [-0.1, -0.05) is 5.92 Å². The van der Waals surface area contributed by atoms with Crippen LogP contribution in [0.15, 0.2) is 18.3 Å². The maximum atomic E-state index is 5.67. The van der Waals surface area contributed by atoms with Gasteiger partial charge in [0.25, 0.3) is 0 Å². The zero-order valence-corrected chi connectivity index (χ0v) is 9.16. The topological polar surface area (TPSA) is 48.1 Å². The average molecular weight is 204 g/mol. The first-order valence-electron chi connectivity index (χ1n) is 4.95. The molecule has 0 aromatic carbocycles. The number of hydrogen-bond donors (Lipinski definition) is 1. The van der Waals surface area contributed by atoms with Gasteiger partial charge in [-0.25, -0.2) is 0 Å². The second-order valence-electron chi connectivity index (χ2n) is 3.38. The van der Waals surface area contributed by atoms with Crippen LogP contribution in [0.2, 0.25) is 0 Å². The van der Waals surface area contributed by atoms with Gasteiger partial charge in [-0.2, -0.15) is 0 Å². The van der Waals surface area contributed by atoms with E-state index < -0.39 is 0 Å². The van der Waals surface area contributed by atoms with Crippen molar-refractivity contribution in [1.82, 2.24) is 4.98 Å². The highest BCUT2D eigenvalue weighted by Gasteiger charge is 1.99. The van der Waals surface area contributed by atoms with E-state index in [9.17, 15) is 0 Å². The SMILES string of the molecule is CC#CCOc1ccc(CC(C)N)nc1. The first-order chi connectivity index (χ1) is 7.22. The van der Waals surface area contributed by atoms with Crippen molar-refractivity contribution in [2.24, 2.45) is 5.73 Å². The molecule has 1 heterocycles. The first kappa shape index (κ1) is 11.5. The number of nitrogens with zero attached hydrogens (tertiary/aromatic N) is 1. The molecular formula is C12H16N2O. The summed E-state index contributed by atoms with van der Waals surface area (Å²) in [5.74, 6) is 6.33. The molecule has 80 valence electrons. The normalized spacial score (nSPS) is 11.4. The average Bonchev–Trinajstić information content (AvgIpc) is 2.20. The smallest absolute Gasteiger partial charge is 0.149 e. The zero-order chi connectivity index (χ0) is 11.1. The van der Waals surface area contributed by atoms with Crippen LogP contribution in [0, 0.1) is 11.8 Å². The number of aromatic nitrogens is 1. The summed E-state index contributed by atoms with van der Waals surface area (Å²) in [7, 11) is 0. The molecule has 3 nitrogen and oxygen atoms in total. The lowest BCUT2D eigenvalue weighted by Gasteiger charge is -2.05. The Morgan fingerprint density at radius 2 is 2.33 bits per heavy atom. The van der Waals surface area contributed by atoms with E-state index in [1.807, 2.05) is 19.1 Å². The van der Waals surface area contributed by atoms with Gasteiger partial charge in [-0.05, 0) is 26.0 Å². The van der Waals surface area contributed by atoms with Gasteiger partial charge in [-0.3, -0.25) is 4.98 Å². The van der Waals surface area contributed by atoms with Gasteiger partial charge >= 0.3 is 0 Å². The van der Waals surface area contributed by atoms with Gasteiger partial charge in [-0.15, -0.1) is 5.92 Å². The lowest BCUT2D eigenvalue weighted by atomic mass is 10.2. The number of rotatable bonds is 4. The lowest BCUT2D eigenvalue weighted by Crippen LogP contribution is -2.18. The number of pyridine rings is 1. The summed E-state index contributed by atoms with van der Waals surface area (Å²) in [5.41, 5.74) is 6.66. The summed E-state index contributed by atoms with van der Waals surface area (Å²) >= 11 is 0. The molecule has 1 rings (SSSR count). The van der Waals surface area contributed by atoms with Crippen molar-refractivity contribution >= 4 is 0 Å². The van der Waals surface area contributed by atoms with E-state index >= 15 is 0 Å². The van der Waals surface area contributed by atoms with Gasteiger partial charge in [0.1, 0.15) is 12.4 Å². The molecule has 0 amide bonds. The molecule has 0 aliphatic heterocycles. The molecular weight excluding hydrogens is 188 g/mol. The Hall–Kier alpha value is -1.53. The maximum Gasteiger partial charge on any atom is 0.149 e. The molecule has 1 aromatic heterocycles. The Kier molecular flexibility index (Phi) is 4.65. The number of nitrogens with two attached hydrogens (primary N) is 1. The summed E-state index contributed by atoms with van der Waals surface area (Å²) in [6, 6.07) is 3.95. The van der Waals surface area contributed by atoms with E-state index in [0.29, 0.717) is 6.61 Å². The highest BCUT2D eigenvalue weighted by Crippen LogP contribution is 2.09. The third-order valence-electron chi connectivity index (χ3n) is 1.82. The van der Waals surface area contributed by atoms with Crippen molar-refractivity contribution in [1.29, 1.82) is 0 Å². The maximum absolute atomic E-state index is 5.67. The molecule has 0 saturated carbocycles. The van der Waals surface area contributed by atoms with Crippen LogP contribution in [0.25, 0.3) is 0 Å². The van der Waals surface area contributed by atoms with E-state index in [1.54, 1.807) is 13.1 Å². The molecule has 1 unspecified atom stereocenters. The monoisotopic (exact) mass is 204 g/mol. The fourth-order valence-corrected chi connectivity index (χ4v) is 1.14. The Labute approximate surface area is 90.7 Å². The largest absolute Gasteiger partial charge is 0.479 e. The van der Waals surface area contributed by atoms with Crippen molar-refractivity contribution in [3.8, 4) is 17.6 Å². The molecule has 2 N–H and O–H groups in total. The molecule has 0 spiro atoms. The second kappa shape index (κ2) is 6.05. The molecule has 0 fully saturated rings. The summed E-state index contributed by atoms with van der Waals surface area (Å²) < 4.78 is 5.34. The highest BCUT2D eigenvalue weighted by atomic mass is 16.5. The Balaban J connectivity index is 2.51. The number of hydrogen-bond acceptors (Lipinski definition) is 3. The van der Waals surface area contributed by atoms with E-state index in [2.05, 4.69) is 16.8 Å². The van der Waals surface area contributed by atoms with Crippen LogP contribution in [0.3, 0.4) is 0 Å². The van der Waals surface area contributed by atoms with Crippen molar-refractivity contribution in [3.63, 3.8) is 0 Å². The molecule has 0 bridgehead atoms. The van der Waals surface area contributed by atoms with Gasteiger partial charge in [0.05, 0.1) is 6.20 Å². The first-order valence-corrected chi connectivity index (χ1v) is 4.95. The fraction of sp³-hybridized carbons (Fsp3) is 0.417. The van der Waals surface area contributed by atoms with Crippen LogP contribution in [0.1, 0.15) is 19.5 Å². The van der Waals surface area contributed by atoms with Gasteiger partial charge in [0.2, 0.25) is 0 Å². The van der Waals surface area contributed by atoms with Crippen LogP contribution in [-0.2, 0) is 6.42 Å². The van der Waals surface area contributed by atoms with Gasteiger partial charge < -0.3 is 10.5 Å². The summed E-state index contributed by atoms with van der Waals surface area (Å²) in [6.45, 7) is 4.15. The predicted octanol–water partition coefficient (Wildman–Crippen LogP) is 1.37. The van der Waals surface area contributed by atoms with Crippen LogP contribution >= 0.6 is 0 Å². The van der Waals surface area contributed by atoms with E-state index in [0.717, 1.165) is 17.9 Å². The third-order valence-corrected chi connectivity index (χ3v) is 1.82. The predicted molar refractivity (Wildman–Crippen MR) is 60.5 cm³/mol. The molecule has 0 aliphatic rings. The van der Waals surface area contributed by atoms with Crippen molar-refractivity contribution in [2.75, 3.05) is 6.61 Å². The molecule has 0 radical (unpaired) electrons. The highest BCUT2D eigenvalue weighted by molar-refractivity contribution is 5.20. The standard InChI is InChI=1S/C12H16N2O/c1-3-4-7-15-12-6-5-11(14-9-12)8-10(2)13/h5-6,9-10H,7-8,13H2,1-2H3. The molecule has 1 atom stereocenters. The second-order valence-corrected chi connectivity index (χ2v) is 3.38. The van der Waals surface area contributed by atoms with E-state index in [-0.39, 0.29) is 6.04 Å². The summed E-state index contributed by atoms with van der Waals surface area (Å²) in [5, 5.41) is 0. The van der Waals surface area contributed by atoms with Gasteiger partial charge in [0.15, 0.2) is 0 Å². The summed E-state index contributed by atoms with van der Waals surface area (Å²) in [4.78, 5) is 4.24. The van der Waals surface area contributed by atoms with Crippen molar-refractivity contribution in [2.45, 2.75) is 26.3 Å². The third kappa shape index (κ3) is 4.48. The molecule has 0 aliphatic carbocycles. The lowest BCUT2D eigenvalue weighted by molar-refractivity contribution is 0.368. The fourth-order valence-electron chi connectivity index (χ4n) is 1.14. The molecule has 0 saturated heterocycles. The minimum absolute atomic E-state index is 0.134. The Bertz CT molecular complexity index is 346. The van der Waals surface area contributed by atoms with Crippen LogP contribution in [-0.4, -0.2) is 17.6 Å². The van der Waals surface area contributed by atoms with E-state index in [1.165, 1.54) is 0 Å². The zero-order valence-electron chi connectivity index (χ0n) is 9.16. The molecule has 3 heteroatoms. The molecule has 1 aromatic rings. The Morgan fingerprint density at radius 3 is 2.87 bits per heavy atom. The minimum atomic E-state index is 0.134. The van der Waals surface area contributed by atoms with Gasteiger partial charge in [0, 0.05) is 18.2 Å². The number of ether oxygens (including phenoxy) is 1. The van der Waals surface area contributed by atoms with Crippen molar-refractivity contribution < 1.29 is 4.74 Å². The Morgan fingerprint density at radius 1 is 1.53 bits per heavy atom. The van der Waals surface area contributed by atoms with Crippen LogP contribution < -0.4 is 10.5 Å². The van der Waals surface area contributed by atoms with E-state index in [4.69, 9.17) is 10.5 Å². The summed E-state index contributed by atoms with van der Waals surface area (Å²) in [6.07, 6.45) is 2.49. The van der Waals surface area contributed by atoms with Crippen molar-refractivity contribution in [3.05, 3.63) is 24.0 Å². The quantitative estimate of drug-likeness (QED) is 0.754. The minimum Gasteiger partial charge on any atom is -0.479 e.